The van der Waals surface area contributed by atoms with E-state index in [4.69, 9.17) is 9.47 Å². The van der Waals surface area contributed by atoms with Crippen LogP contribution in [0.5, 0.6) is 0 Å². The van der Waals surface area contributed by atoms with Crippen LogP contribution in [0, 0.1) is 5.41 Å². The van der Waals surface area contributed by atoms with E-state index in [0.717, 1.165) is 0 Å². The van der Waals surface area contributed by atoms with E-state index in [1.165, 1.54) is 0 Å². The maximum atomic E-state index is 11.1. The monoisotopic (exact) mass is 174 g/mol. The van der Waals surface area contributed by atoms with Crippen molar-refractivity contribution in [3.8, 4) is 0 Å². The quantitative estimate of drug-likeness (QED) is 0.480. The Bertz CT molecular complexity index is 135. The first-order chi connectivity index (χ1) is 5.45. The van der Waals surface area contributed by atoms with E-state index < -0.39 is 0 Å². The summed E-state index contributed by atoms with van der Waals surface area (Å²) in [7, 11) is 1.58. The largest absolute Gasteiger partial charge is 0.463 e. The molecule has 0 fully saturated rings. The van der Waals surface area contributed by atoms with E-state index in [-0.39, 0.29) is 11.4 Å². The van der Waals surface area contributed by atoms with E-state index in [9.17, 15) is 4.79 Å². The van der Waals surface area contributed by atoms with Crippen LogP contribution < -0.4 is 0 Å². The predicted molar refractivity (Wildman–Crippen MR) is 46.9 cm³/mol. The molecule has 0 N–H and O–H groups in total. The van der Waals surface area contributed by atoms with Crippen LogP contribution >= 0.6 is 0 Å². The summed E-state index contributed by atoms with van der Waals surface area (Å²) < 4.78 is 9.64. The number of esters is 1. The van der Waals surface area contributed by atoms with E-state index in [1.807, 2.05) is 20.8 Å². The molecule has 0 heterocycles. The summed E-state index contributed by atoms with van der Waals surface area (Å²) in [5.41, 5.74) is 0.00412. The van der Waals surface area contributed by atoms with Crippen LogP contribution in [0.15, 0.2) is 0 Å². The second-order valence-electron chi connectivity index (χ2n) is 3.95. The highest BCUT2D eigenvalue weighted by molar-refractivity contribution is 5.70. The van der Waals surface area contributed by atoms with Gasteiger partial charge in [-0.3, -0.25) is 4.79 Å². The lowest BCUT2D eigenvalue weighted by atomic mass is 9.93. The maximum Gasteiger partial charge on any atom is 0.306 e. The number of carbonyl (C=O) groups is 1. The zero-order valence-electron chi connectivity index (χ0n) is 8.35. The van der Waals surface area contributed by atoms with Gasteiger partial charge in [0.1, 0.15) is 6.61 Å². The lowest BCUT2D eigenvalue weighted by Crippen LogP contribution is -2.17. The fourth-order valence-electron chi connectivity index (χ4n) is 0.723. The lowest BCUT2D eigenvalue weighted by molar-refractivity contribution is -0.146. The van der Waals surface area contributed by atoms with Crippen molar-refractivity contribution in [2.45, 2.75) is 27.2 Å². The smallest absolute Gasteiger partial charge is 0.306 e. The summed E-state index contributed by atoms with van der Waals surface area (Å²) in [6.07, 6.45) is 0.455. The van der Waals surface area contributed by atoms with Crippen molar-refractivity contribution in [2.75, 3.05) is 20.3 Å². The molecule has 0 spiro atoms. The molecule has 0 saturated carbocycles. The Morgan fingerprint density at radius 1 is 1.25 bits per heavy atom. The van der Waals surface area contributed by atoms with Gasteiger partial charge in [-0.05, 0) is 5.41 Å². The van der Waals surface area contributed by atoms with Crippen molar-refractivity contribution in [3.05, 3.63) is 0 Å². The molecule has 0 saturated heterocycles. The van der Waals surface area contributed by atoms with E-state index in [2.05, 4.69) is 0 Å². The molecule has 0 aromatic carbocycles. The van der Waals surface area contributed by atoms with E-state index in [0.29, 0.717) is 19.6 Å². The molecule has 72 valence electrons. The second kappa shape index (κ2) is 5.14. The zero-order chi connectivity index (χ0) is 9.61. The first-order valence-electron chi connectivity index (χ1n) is 4.10. The van der Waals surface area contributed by atoms with Gasteiger partial charge in [0.15, 0.2) is 0 Å². The zero-order valence-corrected chi connectivity index (χ0v) is 8.35. The molecule has 0 rings (SSSR count). The Balaban J connectivity index is 3.47. The maximum absolute atomic E-state index is 11.1. The minimum Gasteiger partial charge on any atom is -0.463 e. The predicted octanol–water partition coefficient (Wildman–Crippen LogP) is 1.61. The van der Waals surface area contributed by atoms with Gasteiger partial charge in [-0.1, -0.05) is 20.8 Å². The van der Waals surface area contributed by atoms with Gasteiger partial charge < -0.3 is 9.47 Å². The van der Waals surface area contributed by atoms with Gasteiger partial charge in [0, 0.05) is 7.11 Å². The summed E-state index contributed by atoms with van der Waals surface area (Å²) in [5.74, 6) is -0.153. The molecule has 0 aliphatic heterocycles. The van der Waals surface area contributed by atoms with Gasteiger partial charge in [-0.15, -0.1) is 0 Å². The molecule has 0 atom stereocenters. The molecule has 3 heteroatoms. The van der Waals surface area contributed by atoms with Gasteiger partial charge in [-0.25, -0.2) is 0 Å². The third kappa shape index (κ3) is 7.54. The molecular formula is C9H18O3. The highest BCUT2D eigenvalue weighted by Crippen LogP contribution is 2.18. The standard InChI is InChI=1S/C9H18O3/c1-9(2,3)7-8(10)12-6-5-11-4/h5-7H2,1-4H3. The first-order valence-corrected chi connectivity index (χ1v) is 4.10. The SMILES string of the molecule is COCCOC(=O)CC(C)(C)C. The summed E-state index contributed by atoms with van der Waals surface area (Å²) in [4.78, 5) is 11.1. The Morgan fingerprint density at radius 2 is 1.83 bits per heavy atom. The van der Waals surface area contributed by atoms with Crippen LogP contribution in [-0.2, 0) is 14.3 Å². The molecule has 3 nitrogen and oxygen atoms in total. The summed E-state index contributed by atoms with van der Waals surface area (Å²) in [6, 6.07) is 0. The van der Waals surface area contributed by atoms with Gasteiger partial charge >= 0.3 is 5.97 Å². The fourth-order valence-corrected chi connectivity index (χ4v) is 0.723. The normalized spacial score (nSPS) is 11.3. The van der Waals surface area contributed by atoms with E-state index >= 15 is 0 Å². The fraction of sp³-hybridized carbons (Fsp3) is 0.889. The Hall–Kier alpha value is -0.570. The molecule has 0 aromatic rings. The van der Waals surface area contributed by atoms with Gasteiger partial charge in [0.25, 0.3) is 0 Å². The van der Waals surface area contributed by atoms with E-state index in [1.54, 1.807) is 7.11 Å². The van der Waals surface area contributed by atoms with Gasteiger partial charge in [-0.2, -0.15) is 0 Å². The minimum absolute atomic E-state index is 0.00412. The Labute approximate surface area is 74.0 Å². The van der Waals surface area contributed by atoms with Crippen molar-refractivity contribution in [1.82, 2.24) is 0 Å². The molecule has 0 radical (unpaired) electrons. The van der Waals surface area contributed by atoms with Crippen molar-refractivity contribution in [3.63, 3.8) is 0 Å². The second-order valence-corrected chi connectivity index (χ2v) is 3.95. The molecule has 0 amide bonds. The highest BCUT2D eigenvalue weighted by Gasteiger charge is 2.16. The summed E-state index contributed by atoms with van der Waals surface area (Å²) in [6.45, 7) is 6.83. The van der Waals surface area contributed by atoms with Crippen molar-refractivity contribution >= 4 is 5.97 Å². The van der Waals surface area contributed by atoms with Crippen LogP contribution in [0.3, 0.4) is 0 Å². The molecule has 0 aromatic heterocycles. The van der Waals surface area contributed by atoms with Crippen LogP contribution in [0.4, 0.5) is 0 Å². The molecule has 0 bridgehead atoms. The number of hydrogen-bond donors (Lipinski definition) is 0. The van der Waals surface area contributed by atoms with Crippen LogP contribution in [0.25, 0.3) is 0 Å². The van der Waals surface area contributed by atoms with Gasteiger partial charge in [0.05, 0.1) is 13.0 Å². The van der Waals surface area contributed by atoms with Crippen LogP contribution in [-0.4, -0.2) is 26.3 Å². The van der Waals surface area contributed by atoms with Crippen LogP contribution in [0.2, 0.25) is 0 Å². The number of carbonyl (C=O) groups excluding carboxylic acids is 1. The molecular weight excluding hydrogens is 156 g/mol. The molecule has 0 unspecified atom stereocenters. The third-order valence-corrected chi connectivity index (χ3v) is 1.23. The van der Waals surface area contributed by atoms with Crippen molar-refractivity contribution in [1.29, 1.82) is 0 Å². The van der Waals surface area contributed by atoms with Crippen molar-refractivity contribution in [2.24, 2.45) is 5.41 Å². The number of methoxy groups -OCH3 is 1. The topological polar surface area (TPSA) is 35.5 Å². The summed E-state index contributed by atoms with van der Waals surface area (Å²) >= 11 is 0. The molecule has 0 aliphatic carbocycles. The summed E-state index contributed by atoms with van der Waals surface area (Å²) in [5, 5.41) is 0. The molecule has 12 heavy (non-hydrogen) atoms. The van der Waals surface area contributed by atoms with Gasteiger partial charge in [0.2, 0.25) is 0 Å². The number of hydrogen-bond acceptors (Lipinski definition) is 3. The third-order valence-electron chi connectivity index (χ3n) is 1.23. The molecule has 0 aliphatic rings. The number of ether oxygens (including phenoxy) is 2. The van der Waals surface area contributed by atoms with Crippen LogP contribution in [0.1, 0.15) is 27.2 Å². The highest BCUT2D eigenvalue weighted by atomic mass is 16.6. The Morgan fingerprint density at radius 3 is 2.25 bits per heavy atom. The Kier molecular flexibility index (Phi) is 4.90. The average Bonchev–Trinajstić information content (AvgIpc) is 1.84. The number of rotatable bonds is 4. The lowest BCUT2D eigenvalue weighted by Gasteiger charge is -2.16. The average molecular weight is 174 g/mol. The first kappa shape index (κ1) is 11.4. The van der Waals surface area contributed by atoms with Crippen molar-refractivity contribution < 1.29 is 14.3 Å². The minimum atomic E-state index is -0.153.